The smallest absolute Gasteiger partial charge is 0.242 e. The number of nitrogens with zero attached hydrogens (tertiary/aromatic N) is 5. The SMILES string of the molecule is COc1nnccc1-c1cnc2ccc(N[C@@H](C)c3ccccc3)nn12. The summed E-state index contributed by atoms with van der Waals surface area (Å²) >= 11 is 0. The zero-order chi connectivity index (χ0) is 17.9. The van der Waals surface area contributed by atoms with Crippen molar-refractivity contribution in [2.45, 2.75) is 13.0 Å². The first-order valence-electron chi connectivity index (χ1n) is 8.28. The molecule has 7 heteroatoms. The van der Waals surface area contributed by atoms with Crippen LogP contribution in [-0.2, 0) is 0 Å². The molecule has 130 valence electrons. The van der Waals surface area contributed by atoms with Crippen molar-refractivity contribution in [2.24, 2.45) is 0 Å². The van der Waals surface area contributed by atoms with E-state index in [9.17, 15) is 0 Å². The molecule has 1 N–H and O–H groups in total. The molecular formula is C19H18N6O. The Morgan fingerprint density at radius 1 is 1.08 bits per heavy atom. The maximum Gasteiger partial charge on any atom is 0.242 e. The van der Waals surface area contributed by atoms with Gasteiger partial charge in [-0.05, 0) is 30.7 Å². The van der Waals surface area contributed by atoms with Crippen molar-refractivity contribution in [2.75, 3.05) is 12.4 Å². The zero-order valence-electron chi connectivity index (χ0n) is 14.5. The summed E-state index contributed by atoms with van der Waals surface area (Å²) in [5.74, 6) is 1.20. The number of nitrogens with one attached hydrogen (secondary N) is 1. The van der Waals surface area contributed by atoms with E-state index in [1.165, 1.54) is 5.56 Å². The quantitative estimate of drug-likeness (QED) is 0.597. The molecular weight excluding hydrogens is 328 g/mol. The Hall–Kier alpha value is -3.48. The summed E-state index contributed by atoms with van der Waals surface area (Å²) in [7, 11) is 1.57. The van der Waals surface area contributed by atoms with Gasteiger partial charge in [-0.25, -0.2) is 9.50 Å². The summed E-state index contributed by atoms with van der Waals surface area (Å²) < 4.78 is 7.09. The van der Waals surface area contributed by atoms with Crippen LogP contribution in [0, 0.1) is 0 Å². The largest absolute Gasteiger partial charge is 0.479 e. The standard InChI is InChI=1S/C19H18N6O/c1-13(14-6-4-3-5-7-14)22-17-8-9-18-20-12-16(25(18)24-17)15-10-11-21-23-19(15)26-2/h3-13H,1-2H3,(H,22,24)/t13-/m0/s1. The topological polar surface area (TPSA) is 77.2 Å². The summed E-state index contributed by atoms with van der Waals surface area (Å²) in [6.45, 7) is 2.10. The van der Waals surface area contributed by atoms with Gasteiger partial charge in [0.05, 0.1) is 30.8 Å². The van der Waals surface area contributed by atoms with Crippen molar-refractivity contribution in [3.63, 3.8) is 0 Å². The van der Waals surface area contributed by atoms with Crippen LogP contribution in [-0.4, -0.2) is 31.9 Å². The van der Waals surface area contributed by atoms with Crippen molar-refractivity contribution < 1.29 is 4.74 Å². The molecule has 0 aliphatic rings. The molecule has 3 heterocycles. The number of aromatic nitrogens is 5. The highest BCUT2D eigenvalue weighted by molar-refractivity contribution is 5.67. The third-order valence-corrected chi connectivity index (χ3v) is 4.18. The molecule has 0 saturated heterocycles. The van der Waals surface area contributed by atoms with Crippen LogP contribution in [0.15, 0.2) is 60.9 Å². The van der Waals surface area contributed by atoms with Crippen LogP contribution >= 0.6 is 0 Å². The minimum Gasteiger partial charge on any atom is -0.479 e. The van der Waals surface area contributed by atoms with Crippen LogP contribution < -0.4 is 10.1 Å². The second-order valence-corrected chi connectivity index (χ2v) is 5.86. The lowest BCUT2D eigenvalue weighted by molar-refractivity contribution is 0.393. The van der Waals surface area contributed by atoms with Gasteiger partial charge in [0.1, 0.15) is 5.82 Å². The molecule has 4 rings (SSSR count). The Balaban J connectivity index is 1.71. The third-order valence-electron chi connectivity index (χ3n) is 4.18. The van der Waals surface area contributed by atoms with Crippen molar-refractivity contribution in [1.82, 2.24) is 24.8 Å². The first kappa shape index (κ1) is 16.0. The number of rotatable bonds is 5. The summed E-state index contributed by atoms with van der Waals surface area (Å²) in [5.41, 5.74) is 3.52. The van der Waals surface area contributed by atoms with Crippen molar-refractivity contribution >= 4 is 11.5 Å². The second-order valence-electron chi connectivity index (χ2n) is 5.86. The summed E-state index contributed by atoms with van der Waals surface area (Å²) in [6.07, 6.45) is 3.38. The average Bonchev–Trinajstić information content (AvgIpc) is 3.11. The van der Waals surface area contributed by atoms with Crippen LogP contribution in [0.2, 0.25) is 0 Å². The van der Waals surface area contributed by atoms with Gasteiger partial charge in [0.25, 0.3) is 0 Å². The first-order chi connectivity index (χ1) is 12.8. The fourth-order valence-corrected chi connectivity index (χ4v) is 2.85. The van der Waals surface area contributed by atoms with Gasteiger partial charge >= 0.3 is 0 Å². The molecule has 26 heavy (non-hydrogen) atoms. The summed E-state index contributed by atoms with van der Waals surface area (Å²) in [6, 6.07) is 16.1. The predicted octanol–water partition coefficient (Wildman–Crippen LogP) is 3.37. The van der Waals surface area contributed by atoms with Crippen molar-refractivity contribution in [3.05, 3.63) is 66.5 Å². The van der Waals surface area contributed by atoms with Gasteiger partial charge in [-0.15, -0.1) is 10.2 Å². The Bertz CT molecular complexity index is 1030. The molecule has 1 aromatic carbocycles. The van der Waals surface area contributed by atoms with E-state index in [-0.39, 0.29) is 6.04 Å². The maximum atomic E-state index is 5.31. The molecule has 1 atom stereocenters. The molecule has 0 spiro atoms. The minimum atomic E-state index is 0.130. The lowest BCUT2D eigenvalue weighted by Gasteiger charge is -2.15. The highest BCUT2D eigenvalue weighted by Gasteiger charge is 2.14. The van der Waals surface area contributed by atoms with E-state index in [4.69, 9.17) is 9.84 Å². The minimum absolute atomic E-state index is 0.130. The Morgan fingerprint density at radius 3 is 2.73 bits per heavy atom. The van der Waals surface area contributed by atoms with E-state index in [1.54, 1.807) is 24.0 Å². The fraction of sp³-hybridized carbons (Fsp3) is 0.158. The summed E-state index contributed by atoms with van der Waals surface area (Å²) in [5, 5.41) is 16.0. The van der Waals surface area contributed by atoms with Crippen LogP contribution in [0.4, 0.5) is 5.82 Å². The number of imidazole rings is 1. The van der Waals surface area contributed by atoms with Crippen molar-refractivity contribution in [1.29, 1.82) is 0 Å². The molecule has 0 aliphatic carbocycles. The fourth-order valence-electron chi connectivity index (χ4n) is 2.85. The van der Waals surface area contributed by atoms with E-state index in [2.05, 4.69) is 39.6 Å². The summed E-state index contributed by atoms with van der Waals surface area (Å²) in [4.78, 5) is 4.42. The van der Waals surface area contributed by atoms with Crippen LogP contribution in [0.5, 0.6) is 5.88 Å². The highest BCUT2D eigenvalue weighted by Crippen LogP contribution is 2.27. The second kappa shape index (κ2) is 6.79. The van der Waals surface area contributed by atoms with Gasteiger partial charge < -0.3 is 10.1 Å². The van der Waals surface area contributed by atoms with E-state index < -0.39 is 0 Å². The Labute approximate surface area is 150 Å². The number of methoxy groups -OCH3 is 1. The predicted molar refractivity (Wildman–Crippen MR) is 99.0 cm³/mol. The number of fused-ring (bicyclic) bond motifs is 1. The number of hydrogen-bond donors (Lipinski definition) is 1. The van der Waals surface area contributed by atoms with Crippen LogP contribution in [0.3, 0.4) is 0 Å². The number of ether oxygens (including phenoxy) is 1. The van der Waals surface area contributed by atoms with Gasteiger partial charge in [-0.3, -0.25) is 0 Å². The molecule has 0 fully saturated rings. The number of hydrogen-bond acceptors (Lipinski definition) is 6. The van der Waals surface area contributed by atoms with E-state index >= 15 is 0 Å². The highest BCUT2D eigenvalue weighted by atomic mass is 16.5. The molecule has 0 radical (unpaired) electrons. The van der Waals surface area contributed by atoms with Gasteiger partial charge in [0, 0.05) is 6.04 Å². The van der Waals surface area contributed by atoms with Gasteiger partial charge in [0.2, 0.25) is 5.88 Å². The van der Waals surface area contributed by atoms with E-state index in [0.717, 1.165) is 22.7 Å². The van der Waals surface area contributed by atoms with E-state index in [1.807, 2.05) is 36.4 Å². The zero-order valence-corrected chi connectivity index (χ0v) is 14.5. The number of anilines is 1. The monoisotopic (exact) mass is 346 g/mol. The average molecular weight is 346 g/mol. The normalized spacial score (nSPS) is 12.1. The Kier molecular flexibility index (Phi) is 4.18. The van der Waals surface area contributed by atoms with Gasteiger partial charge in [-0.1, -0.05) is 30.3 Å². The molecule has 0 bridgehead atoms. The number of benzene rings is 1. The van der Waals surface area contributed by atoms with Crippen LogP contribution in [0.25, 0.3) is 16.9 Å². The molecule has 0 saturated carbocycles. The Morgan fingerprint density at radius 2 is 1.92 bits per heavy atom. The van der Waals surface area contributed by atoms with Gasteiger partial charge in [0.15, 0.2) is 5.65 Å². The molecule has 4 aromatic rings. The third kappa shape index (κ3) is 2.95. The van der Waals surface area contributed by atoms with E-state index in [0.29, 0.717) is 5.88 Å². The lowest BCUT2D eigenvalue weighted by atomic mass is 10.1. The first-order valence-corrected chi connectivity index (χ1v) is 8.28. The van der Waals surface area contributed by atoms with Gasteiger partial charge in [-0.2, -0.15) is 5.10 Å². The molecule has 0 aliphatic heterocycles. The molecule has 3 aromatic heterocycles. The maximum absolute atomic E-state index is 5.31. The van der Waals surface area contributed by atoms with Crippen LogP contribution in [0.1, 0.15) is 18.5 Å². The molecule has 0 amide bonds. The molecule has 0 unspecified atom stereocenters. The molecule has 7 nitrogen and oxygen atoms in total. The lowest BCUT2D eigenvalue weighted by Crippen LogP contribution is -2.09. The van der Waals surface area contributed by atoms with Crippen molar-refractivity contribution in [3.8, 4) is 17.1 Å².